The van der Waals surface area contributed by atoms with Crippen LogP contribution in [0.2, 0.25) is 0 Å². The highest BCUT2D eigenvalue weighted by Crippen LogP contribution is 2.18. The van der Waals surface area contributed by atoms with Gasteiger partial charge in [-0.1, -0.05) is 0 Å². The molecule has 1 aromatic carbocycles. The summed E-state index contributed by atoms with van der Waals surface area (Å²) < 4.78 is 10.1. The molecular weight excluding hydrogens is 390 g/mol. The van der Waals surface area contributed by atoms with E-state index in [4.69, 9.17) is 9.47 Å². The zero-order valence-electron chi connectivity index (χ0n) is 17.7. The highest BCUT2D eigenvalue weighted by molar-refractivity contribution is 5.97. The zero-order valence-corrected chi connectivity index (χ0v) is 17.7. The topological polar surface area (TPSA) is 105 Å². The third kappa shape index (κ3) is 6.47. The Morgan fingerprint density at radius 1 is 1.20 bits per heavy atom. The number of piperidine rings is 1. The Morgan fingerprint density at radius 2 is 1.90 bits per heavy atom. The molecule has 1 unspecified atom stereocenters. The standard InChI is InChI=1S/C21H29N3O6/c1-4-30-21(28)16-6-5-11-24(13-16)19(26)14-23(2)18(25)12-22-20(27)15-7-9-17(29-3)10-8-15/h7-10,16H,4-6,11-14H2,1-3H3,(H,22,27). The van der Waals surface area contributed by atoms with Crippen LogP contribution in [0.3, 0.4) is 0 Å². The molecule has 1 aliphatic heterocycles. The van der Waals surface area contributed by atoms with Gasteiger partial charge in [0.15, 0.2) is 0 Å². The smallest absolute Gasteiger partial charge is 0.310 e. The molecule has 1 atom stereocenters. The summed E-state index contributed by atoms with van der Waals surface area (Å²) in [5.74, 6) is -0.999. The maximum Gasteiger partial charge on any atom is 0.310 e. The van der Waals surface area contributed by atoms with Crippen molar-refractivity contribution in [3.63, 3.8) is 0 Å². The molecule has 1 aromatic rings. The van der Waals surface area contributed by atoms with E-state index in [1.54, 1.807) is 36.1 Å². The molecule has 1 N–H and O–H groups in total. The summed E-state index contributed by atoms with van der Waals surface area (Å²) in [5, 5.41) is 2.55. The number of carbonyl (C=O) groups is 4. The lowest BCUT2D eigenvalue weighted by Gasteiger charge is -2.32. The molecule has 0 aliphatic carbocycles. The zero-order chi connectivity index (χ0) is 22.1. The number of amides is 3. The first-order valence-electron chi connectivity index (χ1n) is 9.96. The molecule has 1 fully saturated rings. The highest BCUT2D eigenvalue weighted by atomic mass is 16.5. The van der Waals surface area contributed by atoms with Crippen LogP contribution in [0.1, 0.15) is 30.1 Å². The van der Waals surface area contributed by atoms with Gasteiger partial charge in [-0.25, -0.2) is 0 Å². The molecule has 2 rings (SSSR count). The van der Waals surface area contributed by atoms with E-state index in [1.165, 1.54) is 19.1 Å². The molecule has 9 heteroatoms. The molecule has 0 saturated carbocycles. The molecule has 1 saturated heterocycles. The van der Waals surface area contributed by atoms with Crippen LogP contribution in [0.4, 0.5) is 0 Å². The summed E-state index contributed by atoms with van der Waals surface area (Å²) in [4.78, 5) is 51.8. The number of rotatable bonds is 8. The van der Waals surface area contributed by atoms with E-state index in [2.05, 4.69) is 5.32 Å². The largest absolute Gasteiger partial charge is 0.497 e. The van der Waals surface area contributed by atoms with Crippen LogP contribution in [0.5, 0.6) is 5.75 Å². The molecule has 0 aromatic heterocycles. The van der Waals surface area contributed by atoms with E-state index in [1.807, 2.05) is 0 Å². The number of carbonyl (C=O) groups excluding carboxylic acids is 4. The molecule has 0 radical (unpaired) electrons. The fourth-order valence-corrected chi connectivity index (χ4v) is 3.18. The molecule has 3 amide bonds. The van der Waals surface area contributed by atoms with Crippen molar-refractivity contribution in [2.45, 2.75) is 19.8 Å². The summed E-state index contributed by atoms with van der Waals surface area (Å²) in [6, 6.07) is 6.51. The van der Waals surface area contributed by atoms with E-state index < -0.39 is 0 Å². The second-order valence-corrected chi connectivity index (χ2v) is 7.09. The second kappa shape index (κ2) is 11.2. The summed E-state index contributed by atoms with van der Waals surface area (Å²) in [5.41, 5.74) is 0.403. The summed E-state index contributed by atoms with van der Waals surface area (Å²) in [6.07, 6.45) is 1.40. The van der Waals surface area contributed by atoms with Gasteiger partial charge in [0.2, 0.25) is 11.8 Å². The molecule has 164 valence electrons. The Kier molecular flexibility index (Phi) is 8.64. The Balaban J connectivity index is 1.80. The average molecular weight is 419 g/mol. The van der Waals surface area contributed by atoms with E-state index in [-0.39, 0.29) is 42.7 Å². The minimum Gasteiger partial charge on any atom is -0.497 e. The summed E-state index contributed by atoms with van der Waals surface area (Å²) in [7, 11) is 3.04. The maximum atomic E-state index is 12.5. The number of hydrogen-bond donors (Lipinski definition) is 1. The number of hydrogen-bond acceptors (Lipinski definition) is 6. The van der Waals surface area contributed by atoms with E-state index >= 15 is 0 Å². The van der Waals surface area contributed by atoms with Crippen molar-refractivity contribution in [2.75, 3.05) is 46.9 Å². The van der Waals surface area contributed by atoms with Crippen molar-refractivity contribution in [2.24, 2.45) is 5.92 Å². The van der Waals surface area contributed by atoms with E-state index in [0.717, 1.165) is 0 Å². The van der Waals surface area contributed by atoms with Crippen molar-refractivity contribution in [1.29, 1.82) is 0 Å². The van der Waals surface area contributed by atoms with Crippen molar-refractivity contribution < 1.29 is 28.7 Å². The van der Waals surface area contributed by atoms with Gasteiger partial charge in [0, 0.05) is 25.7 Å². The first kappa shape index (κ1) is 23.2. The van der Waals surface area contributed by atoms with Crippen LogP contribution in [-0.4, -0.2) is 80.4 Å². The van der Waals surface area contributed by atoms with Gasteiger partial charge in [0.1, 0.15) is 5.75 Å². The highest BCUT2D eigenvalue weighted by Gasteiger charge is 2.30. The lowest BCUT2D eigenvalue weighted by Crippen LogP contribution is -2.48. The van der Waals surface area contributed by atoms with Crippen molar-refractivity contribution >= 4 is 23.7 Å². The fraction of sp³-hybridized carbons (Fsp3) is 0.524. The Bertz CT molecular complexity index is 765. The second-order valence-electron chi connectivity index (χ2n) is 7.09. The SMILES string of the molecule is CCOC(=O)C1CCCN(C(=O)CN(C)C(=O)CNC(=O)c2ccc(OC)cc2)C1. The number of likely N-dealkylation sites (N-methyl/N-ethyl adjacent to an activating group) is 1. The van der Waals surface area contributed by atoms with Crippen LogP contribution in [-0.2, 0) is 19.1 Å². The molecule has 1 aliphatic rings. The predicted octanol–water partition coefficient (Wildman–Crippen LogP) is 0.685. The normalized spacial score (nSPS) is 15.8. The van der Waals surface area contributed by atoms with Crippen LogP contribution in [0.15, 0.2) is 24.3 Å². The number of nitrogens with one attached hydrogen (secondary N) is 1. The predicted molar refractivity (Wildman–Crippen MR) is 109 cm³/mol. The summed E-state index contributed by atoms with van der Waals surface area (Å²) >= 11 is 0. The third-order valence-corrected chi connectivity index (χ3v) is 4.94. The number of benzene rings is 1. The molecule has 1 heterocycles. The van der Waals surface area contributed by atoms with Gasteiger partial charge in [-0.15, -0.1) is 0 Å². The van der Waals surface area contributed by atoms with Crippen molar-refractivity contribution in [3.8, 4) is 5.75 Å². The molecular formula is C21H29N3O6. The van der Waals surface area contributed by atoms with Gasteiger partial charge >= 0.3 is 5.97 Å². The lowest BCUT2D eigenvalue weighted by atomic mass is 9.98. The number of likely N-dealkylation sites (tertiary alicyclic amines) is 1. The number of ether oxygens (including phenoxy) is 2. The van der Waals surface area contributed by atoms with Gasteiger partial charge < -0.3 is 24.6 Å². The monoisotopic (exact) mass is 419 g/mol. The number of nitrogens with zero attached hydrogens (tertiary/aromatic N) is 2. The first-order chi connectivity index (χ1) is 14.3. The quantitative estimate of drug-likeness (QED) is 0.622. The average Bonchev–Trinajstić information content (AvgIpc) is 2.77. The van der Waals surface area contributed by atoms with Gasteiger partial charge in [0.25, 0.3) is 5.91 Å². The van der Waals surface area contributed by atoms with Crippen molar-refractivity contribution in [1.82, 2.24) is 15.1 Å². The molecule has 0 spiro atoms. The third-order valence-electron chi connectivity index (χ3n) is 4.94. The lowest BCUT2D eigenvalue weighted by molar-refractivity contribution is -0.152. The van der Waals surface area contributed by atoms with Gasteiger partial charge in [-0.05, 0) is 44.0 Å². The van der Waals surface area contributed by atoms with Crippen LogP contribution < -0.4 is 10.1 Å². The van der Waals surface area contributed by atoms with E-state index in [9.17, 15) is 19.2 Å². The van der Waals surface area contributed by atoms with Gasteiger partial charge in [0.05, 0.1) is 32.7 Å². The van der Waals surface area contributed by atoms with Crippen LogP contribution in [0.25, 0.3) is 0 Å². The Hall–Kier alpha value is -3.10. The van der Waals surface area contributed by atoms with Gasteiger partial charge in [-0.2, -0.15) is 0 Å². The first-order valence-corrected chi connectivity index (χ1v) is 9.96. The molecule has 30 heavy (non-hydrogen) atoms. The molecule has 9 nitrogen and oxygen atoms in total. The minimum atomic E-state index is -0.390. The van der Waals surface area contributed by atoms with Crippen LogP contribution in [0, 0.1) is 5.92 Å². The Morgan fingerprint density at radius 3 is 2.53 bits per heavy atom. The molecule has 0 bridgehead atoms. The van der Waals surface area contributed by atoms with Crippen molar-refractivity contribution in [3.05, 3.63) is 29.8 Å². The van der Waals surface area contributed by atoms with E-state index in [0.29, 0.717) is 43.9 Å². The number of esters is 1. The fourth-order valence-electron chi connectivity index (χ4n) is 3.18. The minimum absolute atomic E-state index is 0.118. The maximum absolute atomic E-state index is 12.5. The van der Waals surface area contributed by atoms with Gasteiger partial charge in [-0.3, -0.25) is 19.2 Å². The summed E-state index contributed by atoms with van der Waals surface area (Å²) in [6.45, 7) is 2.56. The van der Waals surface area contributed by atoms with Crippen LogP contribution >= 0.6 is 0 Å². The Labute approximate surface area is 176 Å². The number of methoxy groups -OCH3 is 1.